The Bertz CT molecular complexity index is 1220. The van der Waals surface area contributed by atoms with E-state index in [2.05, 4.69) is 38.3 Å². The molecule has 8 nitrogen and oxygen atoms in total. The maximum absolute atomic E-state index is 13.2. The molecule has 0 radical (unpaired) electrons. The van der Waals surface area contributed by atoms with Crippen molar-refractivity contribution in [3.05, 3.63) is 70.4 Å². The summed E-state index contributed by atoms with van der Waals surface area (Å²) in [6, 6.07) is 12.0. The molecule has 0 aliphatic carbocycles. The first-order valence-corrected chi connectivity index (χ1v) is 11.9. The van der Waals surface area contributed by atoms with Gasteiger partial charge in [0.1, 0.15) is 16.5 Å². The second kappa shape index (κ2) is 9.42. The van der Waals surface area contributed by atoms with E-state index in [0.717, 1.165) is 22.4 Å². The lowest BCUT2D eigenvalue weighted by Gasteiger charge is -2.33. The van der Waals surface area contributed by atoms with E-state index in [1.165, 1.54) is 0 Å². The molecule has 172 valence electrons. The van der Waals surface area contributed by atoms with Gasteiger partial charge in [0.15, 0.2) is 11.5 Å². The molecule has 3 aromatic rings. The van der Waals surface area contributed by atoms with E-state index in [1.807, 2.05) is 44.2 Å². The minimum Gasteiger partial charge on any atom is -0.493 e. The van der Waals surface area contributed by atoms with E-state index in [0.29, 0.717) is 27.5 Å². The summed E-state index contributed by atoms with van der Waals surface area (Å²) in [7, 11) is 3.36. The highest BCUT2D eigenvalue weighted by Crippen LogP contribution is 2.41. The number of aryl methyl sites for hydroxylation is 3. The number of benzene rings is 2. The van der Waals surface area contributed by atoms with Gasteiger partial charge in [0.05, 0.1) is 12.8 Å². The van der Waals surface area contributed by atoms with Gasteiger partial charge in [0, 0.05) is 24.1 Å². The number of carbonyl (C=O) groups is 2. The Morgan fingerprint density at radius 2 is 2.00 bits per heavy atom. The first-order chi connectivity index (χ1) is 15.8. The largest absolute Gasteiger partial charge is 0.493 e. The molecule has 2 heterocycles. The van der Waals surface area contributed by atoms with Crippen LogP contribution in [0, 0.1) is 13.8 Å². The summed E-state index contributed by atoms with van der Waals surface area (Å²) in [5.41, 5.74) is 3.91. The Morgan fingerprint density at radius 1 is 1.21 bits per heavy atom. The number of nitrogens with one attached hydrogen (secondary N) is 2. The average molecular weight is 560 g/mol. The van der Waals surface area contributed by atoms with E-state index < -0.39 is 12.0 Å². The molecule has 9 heteroatoms. The molecule has 0 fully saturated rings. The summed E-state index contributed by atoms with van der Waals surface area (Å²) in [6.45, 7) is 3.82. The van der Waals surface area contributed by atoms with Crippen LogP contribution in [0.1, 0.15) is 38.7 Å². The Kier molecular flexibility index (Phi) is 6.59. The number of anilines is 1. The van der Waals surface area contributed by atoms with E-state index in [4.69, 9.17) is 9.47 Å². The number of rotatable bonds is 6. The predicted octanol–water partition coefficient (Wildman–Crippen LogP) is 3.70. The number of hydrogen-bond donors (Lipinski definition) is 2. The molecule has 0 saturated heterocycles. The highest BCUT2D eigenvalue weighted by atomic mass is 127. The van der Waals surface area contributed by atoms with E-state index in [9.17, 15) is 9.59 Å². The van der Waals surface area contributed by atoms with Crippen LogP contribution in [0.3, 0.4) is 0 Å². The third kappa shape index (κ3) is 4.41. The predicted molar refractivity (Wildman–Crippen MR) is 133 cm³/mol. The summed E-state index contributed by atoms with van der Waals surface area (Å²) in [6.07, 6.45) is 0. The number of aromatic nitrogens is 2. The van der Waals surface area contributed by atoms with Crippen molar-refractivity contribution in [3.63, 3.8) is 0 Å². The summed E-state index contributed by atoms with van der Waals surface area (Å²) >= 11 is 2.12. The topological polar surface area (TPSA) is 94.5 Å². The normalized spacial score (nSPS) is 17.2. The maximum Gasteiger partial charge on any atom is 0.251 e. The minimum absolute atomic E-state index is 0.303. The van der Waals surface area contributed by atoms with Crippen molar-refractivity contribution in [1.82, 2.24) is 15.1 Å². The Hall–Kier alpha value is -3.08. The number of halogens is 1. The molecule has 0 spiro atoms. The molecule has 1 aromatic heterocycles. The Balaban J connectivity index is 1.80. The lowest BCUT2D eigenvalue weighted by molar-refractivity contribution is -0.118. The molecule has 2 aromatic carbocycles. The van der Waals surface area contributed by atoms with Crippen LogP contribution in [-0.4, -0.2) is 39.4 Å². The van der Waals surface area contributed by atoms with Crippen LogP contribution in [0.15, 0.2) is 42.5 Å². The van der Waals surface area contributed by atoms with Gasteiger partial charge in [-0.2, -0.15) is 5.10 Å². The molecule has 1 aliphatic rings. The molecular weight excluding hydrogens is 535 g/mol. The molecule has 2 atom stereocenters. The standard InChI is InChI=1S/C24H25IN4O4/c1-13-6-5-7-16(10-13)23(30)26-21-20(15-8-9-17(33-12-25)18(11-15)32-4)19-14(2)28-29(3)22(19)27-24(21)31/h5-11,20-21H,12H2,1-4H3,(H,26,30)(H,27,31). The van der Waals surface area contributed by atoms with Crippen molar-refractivity contribution in [1.29, 1.82) is 0 Å². The summed E-state index contributed by atoms with van der Waals surface area (Å²) in [4.78, 5) is 26.3. The zero-order chi connectivity index (χ0) is 23.7. The fourth-order valence-corrected chi connectivity index (χ4v) is 4.62. The fraction of sp³-hybridized carbons (Fsp3) is 0.292. The van der Waals surface area contributed by atoms with Gasteiger partial charge in [-0.05, 0) is 66.3 Å². The molecule has 4 rings (SSSR count). The minimum atomic E-state index is -0.838. The average Bonchev–Trinajstić information content (AvgIpc) is 3.07. The van der Waals surface area contributed by atoms with Crippen LogP contribution < -0.4 is 20.1 Å². The van der Waals surface area contributed by atoms with Crippen molar-refractivity contribution in [2.75, 3.05) is 17.0 Å². The van der Waals surface area contributed by atoms with Crippen molar-refractivity contribution < 1.29 is 19.1 Å². The van der Waals surface area contributed by atoms with Crippen molar-refractivity contribution >= 4 is 40.2 Å². The lowest BCUT2D eigenvalue weighted by Crippen LogP contribution is -2.50. The molecule has 2 unspecified atom stereocenters. The third-order valence-corrected chi connectivity index (χ3v) is 6.07. The van der Waals surface area contributed by atoms with Gasteiger partial charge in [0.2, 0.25) is 5.91 Å². The monoisotopic (exact) mass is 560 g/mol. The van der Waals surface area contributed by atoms with E-state index >= 15 is 0 Å². The number of ether oxygens (including phenoxy) is 2. The quantitative estimate of drug-likeness (QED) is 0.355. The van der Waals surface area contributed by atoms with E-state index in [1.54, 1.807) is 31.0 Å². The van der Waals surface area contributed by atoms with Crippen molar-refractivity contribution in [2.24, 2.45) is 7.05 Å². The molecule has 33 heavy (non-hydrogen) atoms. The van der Waals surface area contributed by atoms with Gasteiger partial charge in [-0.15, -0.1) is 0 Å². The third-order valence-electron chi connectivity index (χ3n) is 5.76. The van der Waals surface area contributed by atoms with Crippen LogP contribution in [0.25, 0.3) is 0 Å². The number of carbonyl (C=O) groups excluding carboxylic acids is 2. The van der Waals surface area contributed by atoms with Gasteiger partial charge in [-0.1, -0.05) is 23.8 Å². The van der Waals surface area contributed by atoms with Crippen LogP contribution in [0.5, 0.6) is 11.5 Å². The van der Waals surface area contributed by atoms with Gasteiger partial charge >= 0.3 is 0 Å². The number of methoxy groups -OCH3 is 1. The number of hydrogen-bond acceptors (Lipinski definition) is 5. The summed E-state index contributed by atoms with van der Waals surface area (Å²) in [5, 5.41) is 10.4. The van der Waals surface area contributed by atoms with Crippen molar-refractivity contribution in [2.45, 2.75) is 25.8 Å². The summed E-state index contributed by atoms with van der Waals surface area (Å²) < 4.78 is 13.3. The first kappa shape index (κ1) is 23.1. The maximum atomic E-state index is 13.2. The Morgan fingerprint density at radius 3 is 2.70 bits per heavy atom. The van der Waals surface area contributed by atoms with Crippen LogP contribution >= 0.6 is 22.6 Å². The van der Waals surface area contributed by atoms with E-state index in [-0.39, 0.29) is 11.8 Å². The van der Waals surface area contributed by atoms with Gasteiger partial charge < -0.3 is 20.1 Å². The second-order valence-electron chi connectivity index (χ2n) is 7.92. The number of fused-ring (bicyclic) bond motifs is 1. The van der Waals surface area contributed by atoms with Gasteiger partial charge in [-0.25, -0.2) is 0 Å². The molecule has 0 saturated carbocycles. The molecular formula is C24H25IN4O4. The zero-order valence-electron chi connectivity index (χ0n) is 18.8. The zero-order valence-corrected chi connectivity index (χ0v) is 21.0. The van der Waals surface area contributed by atoms with Crippen molar-refractivity contribution in [3.8, 4) is 11.5 Å². The fourth-order valence-electron chi connectivity index (χ4n) is 4.28. The molecule has 2 amide bonds. The second-order valence-corrected chi connectivity index (χ2v) is 8.55. The SMILES string of the molecule is COc1cc(C2c3c(C)nn(C)c3NC(=O)C2NC(=O)c2cccc(C)c2)ccc1OCI. The molecule has 2 N–H and O–H groups in total. The highest BCUT2D eigenvalue weighted by molar-refractivity contribution is 14.1. The number of alkyl halides is 1. The highest BCUT2D eigenvalue weighted by Gasteiger charge is 2.41. The molecule has 1 aliphatic heterocycles. The van der Waals surface area contributed by atoms with Gasteiger partial charge in [-0.3, -0.25) is 14.3 Å². The molecule has 0 bridgehead atoms. The first-order valence-electron chi connectivity index (χ1n) is 10.4. The summed E-state index contributed by atoms with van der Waals surface area (Å²) in [5.74, 6) is 0.712. The van der Waals surface area contributed by atoms with Crippen LogP contribution in [-0.2, 0) is 11.8 Å². The lowest BCUT2D eigenvalue weighted by atomic mass is 9.81. The number of amides is 2. The van der Waals surface area contributed by atoms with Crippen LogP contribution in [0.4, 0.5) is 5.82 Å². The van der Waals surface area contributed by atoms with Crippen LogP contribution in [0.2, 0.25) is 0 Å². The Labute approximate surface area is 205 Å². The smallest absolute Gasteiger partial charge is 0.251 e. The van der Waals surface area contributed by atoms with Gasteiger partial charge in [0.25, 0.3) is 5.91 Å². The number of nitrogens with zero attached hydrogens (tertiary/aromatic N) is 2.